The summed E-state index contributed by atoms with van der Waals surface area (Å²) in [5, 5.41) is 8.51. The van der Waals surface area contributed by atoms with Gasteiger partial charge in [0.15, 0.2) is 6.10 Å². The topological polar surface area (TPSA) is 131 Å². The number of ether oxygens (including phenoxy) is 1. The van der Waals surface area contributed by atoms with E-state index >= 15 is 0 Å². The third-order valence-electron chi connectivity index (χ3n) is 4.41. The van der Waals surface area contributed by atoms with Crippen LogP contribution in [0.5, 0.6) is 0 Å². The zero-order valence-corrected chi connectivity index (χ0v) is 17.0. The second kappa shape index (κ2) is 7.69. The number of amides is 1. The van der Waals surface area contributed by atoms with Crippen molar-refractivity contribution in [3.63, 3.8) is 0 Å². The highest BCUT2D eigenvalue weighted by atomic mass is 32.2. The molecule has 1 atom stereocenters. The maximum absolute atomic E-state index is 12.4. The van der Waals surface area contributed by atoms with E-state index in [1.807, 2.05) is 26.0 Å². The number of carbonyl (C=O) groups is 2. The van der Waals surface area contributed by atoms with E-state index in [2.05, 4.69) is 10.3 Å². The van der Waals surface area contributed by atoms with Gasteiger partial charge in [0.25, 0.3) is 5.91 Å². The van der Waals surface area contributed by atoms with Crippen LogP contribution in [0, 0.1) is 13.8 Å². The highest BCUT2D eigenvalue weighted by Gasteiger charge is 2.21. The van der Waals surface area contributed by atoms with Gasteiger partial charge in [-0.25, -0.2) is 18.4 Å². The Morgan fingerprint density at radius 3 is 2.38 bits per heavy atom. The van der Waals surface area contributed by atoms with Crippen LogP contribution in [0.25, 0.3) is 10.9 Å². The number of aryl methyl sites for hydroxylation is 2. The van der Waals surface area contributed by atoms with Crippen LogP contribution in [0.1, 0.15) is 28.5 Å². The van der Waals surface area contributed by atoms with Gasteiger partial charge < -0.3 is 15.0 Å². The fraction of sp³-hybridized carbons (Fsp3) is 0.200. The SMILES string of the molecule is Cc1cc(C)c2cc(C(=O)OC(C)C(=O)Nc3ccc(S(N)(=O)=O)cc3)[nH]c2c1. The van der Waals surface area contributed by atoms with Crippen LogP contribution in [0.15, 0.2) is 47.4 Å². The summed E-state index contributed by atoms with van der Waals surface area (Å²) in [5.41, 5.74) is 3.52. The van der Waals surface area contributed by atoms with E-state index in [1.165, 1.54) is 31.2 Å². The summed E-state index contributed by atoms with van der Waals surface area (Å²) in [6.07, 6.45) is -1.06. The molecule has 1 aromatic heterocycles. The highest BCUT2D eigenvalue weighted by molar-refractivity contribution is 7.89. The number of esters is 1. The van der Waals surface area contributed by atoms with Gasteiger partial charge in [-0.15, -0.1) is 0 Å². The number of hydrogen-bond acceptors (Lipinski definition) is 5. The number of anilines is 1. The van der Waals surface area contributed by atoms with Crippen molar-refractivity contribution >= 4 is 38.5 Å². The van der Waals surface area contributed by atoms with Crippen molar-refractivity contribution in [3.05, 3.63) is 59.3 Å². The summed E-state index contributed by atoms with van der Waals surface area (Å²) in [7, 11) is -3.81. The molecular formula is C20H21N3O5S. The predicted molar refractivity (Wildman–Crippen MR) is 109 cm³/mol. The summed E-state index contributed by atoms with van der Waals surface area (Å²) >= 11 is 0. The van der Waals surface area contributed by atoms with E-state index in [-0.39, 0.29) is 10.6 Å². The first-order valence-corrected chi connectivity index (χ1v) is 10.3. The van der Waals surface area contributed by atoms with E-state index in [9.17, 15) is 18.0 Å². The lowest BCUT2D eigenvalue weighted by atomic mass is 10.1. The number of nitrogens with two attached hydrogens (primary N) is 1. The number of benzene rings is 2. The Balaban J connectivity index is 1.67. The Labute approximate surface area is 168 Å². The van der Waals surface area contributed by atoms with Crippen molar-refractivity contribution < 1.29 is 22.7 Å². The molecule has 3 aromatic rings. The largest absolute Gasteiger partial charge is 0.448 e. The maximum atomic E-state index is 12.4. The smallest absolute Gasteiger partial charge is 0.355 e. The number of aromatic amines is 1. The number of fused-ring (bicyclic) bond motifs is 1. The number of carbonyl (C=O) groups excluding carboxylic acids is 2. The van der Waals surface area contributed by atoms with E-state index in [1.54, 1.807) is 6.07 Å². The maximum Gasteiger partial charge on any atom is 0.355 e. The van der Waals surface area contributed by atoms with Gasteiger partial charge in [0.2, 0.25) is 10.0 Å². The van der Waals surface area contributed by atoms with Gasteiger partial charge in [-0.1, -0.05) is 6.07 Å². The normalized spacial score (nSPS) is 12.6. The Morgan fingerprint density at radius 1 is 1.10 bits per heavy atom. The number of rotatable bonds is 5. The zero-order valence-electron chi connectivity index (χ0n) is 16.1. The molecule has 1 amide bonds. The molecule has 0 saturated heterocycles. The Morgan fingerprint density at radius 2 is 1.76 bits per heavy atom. The number of sulfonamides is 1. The van der Waals surface area contributed by atoms with Crippen LogP contribution < -0.4 is 10.5 Å². The first kappa shape index (κ1) is 20.6. The molecule has 4 N–H and O–H groups in total. The number of H-pyrrole nitrogens is 1. The number of primary sulfonamides is 1. The zero-order chi connectivity index (χ0) is 21.3. The van der Waals surface area contributed by atoms with Gasteiger partial charge in [0.1, 0.15) is 5.69 Å². The average molecular weight is 415 g/mol. The minimum absolute atomic E-state index is 0.0701. The molecule has 0 aliphatic rings. The van der Waals surface area contributed by atoms with Gasteiger partial charge in [-0.3, -0.25) is 4.79 Å². The molecule has 1 unspecified atom stereocenters. The van der Waals surface area contributed by atoms with Crippen LogP contribution in [0.4, 0.5) is 5.69 Å². The van der Waals surface area contributed by atoms with E-state index in [0.717, 1.165) is 22.0 Å². The molecule has 0 fully saturated rings. The quantitative estimate of drug-likeness (QED) is 0.551. The summed E-state index contributed by atoms with van der Waals surface area (Å²) in [4.78, 5) is 27.7. The second-order valence-corrected chi connectivity index (χ2v) is 8.39. The molecule has 0 radical (unpaired) electrons. The first-order chi connectivity index (χ1) is 13.5. The Bertz CT molecular complexity index is 1200. The fourth-order valence-corrected chi connectivity index (χ4v) is 3.47. The van der Waals surface area contributed by atoms with Crippen LogP contribution in [-0.4, -0.2) is 31.4 Å². The summed E-state index contributed by atoms with van der Waals surface area (Å²) in [6, 6.07) is 11.0. The molecular weight excluding hydrogens is 394 g/mol. The van der Waals surface area contributed by atoms with Gasteiger partial charge >= 0.3 is 5.97 Å². The van der Waals surface area contributed by atoms with E-state index in [4.69, 9.17) is 9.88 Å². The van der Waals surface area contributed by atoms with Crippen molar-refractivity contribution in [3.8, 4) is 0 Å². The van der Waals surface area contributed by atoms with Crippen molar-refractivity contribution in [1.29, 1.82) is 0 Å². The molecule has 0 saturated carbocycles. The lowest BCUT2D eigenvalue weighted by Crippen LogP contribution is -2.30. The van der Waals surface area contributed by atoms with E-state index in [0.29, 0.717) is 5.69 Å². The van der Waals surface area contributed by atoms with Gasteiger partial charge in [-0.05, 0) is 68.3 Å². The molecule has 8 nitrogen and oxygen atoms in total. The summed E-state index contributed by atoms with van der Waals surface area (Å²) in [6.45, 7) is 5.37. The van der Waals surface area contributed by atoms with Crippen molar-refractivity contribution in [2.45, 2.75) is 31.8 Å². The first-order valence-electron chi connectivity index (χ1n) is 8.79. The third kappa shape index (κ3) is 4.64. The summed E-state index contributed by atoms with van der Waals surface area (Å²) in [5.74, 6) is -1.20. The second-order valence-electron chi connectivity index (χ2n) is 6.83. The van der Waals surface area contributed by atoms with Crippen molar-refractivity contribution in [2.75, 3.05) is 5.32 Å². The van der Waals surface area contributed by atoms with Crippen molar-refractivity contribution in [2.24, 2.45) is 5.14 Å². The molecule has 1 heterocycles. The predicted octanol–water partition coefficient (Wildman–Crippen LogP) is 2.62. The Kier molecular flexibility index (Phi) is 5.45. The number of hydrogen-bond donors (Lipinski definition) is 3. The molecule has 3 rings (SSSR count). The minimum atomic E-state index is -3.81. The monoisotopic (exact) mass is 415 g/mol. The average Bonchev–Trinajstić information content (AvgIpc) is 3.05. The molecule has 0 aliphatic heterocycles. The molecule has 0 aliphatic carbocycles. The molecule has 9 heteroatoms. The molecule has 0 spiro atoms. The fourth-order valence-electron chi connectivity index (χ4n) is 2.96. The molecule has 0 bridgehead atoms. The highest BCUT2D eigenvalue weighted by Crippen LogP contribution is 2.22. The van der Waals surface area contributed by atoms with Gasteiger partial charge in [0, 0.05) is 16.6 Å². The number of nitrogens with one attached hydrogen (secondary N) is 2. The van der Waals surface area contributed by atoms with Crippen LogP contribution in [0.3, 0.4) is 0 Å². The lowest BCUT2D eigenvalue weighted by Gasteiger charge is -2.13. The Hall–Kier alpha value is -3.17. The minimum Gasteiger partial charge on any atom is -0.448 e. The van der Waals surface area contributed by atoms with Crippen LogP contribution in [0.2, 0.25) is 0 Å². The van der Waals surface area contributed by atoms with Crippen molar-refractivity contribution in [1.82, 2.24) is 4.98 Å². The van der Waals surface area contributed by atoms with Crippen LogP contribution >= 0.6 is 0 Å². The molecule has 29 heavy (non-hydrogen) atoms. The lowest BCUT2D eigenvalue weighted by molar-refractivity contribution is -0.123. The summed E-state index contributed by atoms with van der Waals surface area (Å²) < 4.78 is 27.8. The number of aromatic nitrogens is 1. The van der Waals surface area contributed by atoms with Gasteiger partial charge in [0.05, 0.1) is 4.90 Å². The standard InChI is InChI=1S/C20H21N3O5S/c1-11-8-12(2)16-10-18(23-17(16)9-11)20(25)28-13(3)19(24)22-14-4-6-15(7-5-14)29(21,26)27/h4-10,13,23H,1-3H3,(H,22,24)(H2,21,26,27). The van der Waals surface area contributed by atoms with Gasteiger partial charge in [-0.2, -0.15) is 0 Å². The molecule has 152 valence electrons. The van der Waals surface area contributed by atoms with E-state index < -0.39 is 28.0 Å². The third-order valence-corrected chi connectivity index (χ3v) is 5.34. The van der Waals surface area contributed by atoms with Crippen LogP contribution in [-0.2, 0) is 19.6 Å². The molecule has 2 aromatic carbocycles.